The smallest absolute Gasteiger partial charge is 0.167 e. The molecule has 0 fully saturated rings. The molecule has 0 N–H and O–H groups in total. The van der Waals surface area contributed by atoms with Gasteiger partial charge in [-0.25, -0.2) is 0 Å². The third-order valence-electron chi connectivity index (χ3n) is 3.68. The summed E-state index contributed by atoms with van der Waals surface area (Å²) in [6.45, 7) is 8.30. The Morgan fingerprint density at radius 1 is 0.842 bits per heavy atom. The van der Waals surface area contributed by atoms with Crippen LogP contribution in [-0.2, 0) is 6.42 Å². The molecule has 0 heterocycles. The molecule has 0 atom stereocenters. The molecule has 1 nitrogen and oxygen atoms in total. The summed E-state index contributed by atoms with van der Waals surface area (Å²) in [4.78, 5) is 12.3. The Morgan fingerprint density at radius 2 is 1.42 bits per heavy atom. The van der Waals surface area contributed by atoms with E-state index < -0.39 is 0 Å². The van der Waals surface area contributed by atoms with Crippen LogP contribution in [0.1, 0.15) is 38.2 Å². The Labute approximate surface area is 115 Å². The third kappa shape index (κ3) is 3.11. The molecule has 0 radical (unpaired) electrons. The van der Waals surface area contributed by atoms with Crippen LogP contribution in [-0.4, -0.2) is 5.78 Å². The minimum Gasteiger partial charge on any atom is -0.294 e. The molecule has 0 bridgehead atoms. The predicted octanol–water partition coefficient (Wildman–Crippen LogP) is 4.35. The van der Waals surface area contributed by atoms with E-state index in [1.54, 1.807) is 0 Å². The zero-order valence-corrected chi connectivity index (χ0v) is 12.1. The van der Waals surface area contributed by atoms with Gasteiger partial charge in [0.2, 0.25) is 0 Å². The second-order valence-corrected chi connectivity index (χ2v) is 5.33. The maximum absolute atomic E-state index is 12.3. The van der Waals surface area contributed by atoms with Crippen molar-refractivity contribution in [3.05, 3.63) is 69.8 Å². The summed E-state index contributed by atoms with van der Waals surface area (Å²) < 4.78 is 0. The molecule has 0 aromatic heterocycles. The van der Waals surface area contributed by atoms with Crippen LogP contribution in [0.25, 0.3) is 0 Å². The highest BCUT2D eigenvalue weighted by atomic mass is 16.1. The van der Waals surface area contributed by atoms with Crippen LogP contribution in [0.15, 0.2) is 36.4 Å². The quantitative estimate of drug-likeness (QED) is 0.742. The van der Waals surface area contributed by atoms with Crippen molar-refractivity contribution in [1.82, 2.24) is 0 Å². The van der Waals surface area contributed by atoms with Crippen molar-refractivity contribution in [2.75, 3.05) is 0 Å². The zero-order chi connectivity index (χ0) is 14.0. The Morgan fingerprint density at radius 3 is 2.05 bits per heavy atom. The summed E-state index contributed by atoms with van der Waals surface area (Å²) in [6, 6.07) is 12.1. The van der Waals surface area contributed by atoms with E-state index in [0.29, 0.717) is 6.42 Å². The topological polar surface area (TPSA) is 17.1 Å². The second-order valence-electron chi connectivity index (χ2n) is 5.33. The van der Waals surface area contributed by atoms with Crippen LogP contribution in [0.3, 0.4) is 0 Å². The number of ketones is 1. The molecule has 2 rings (SSSR count). The van der Waals surface area contributed by atoms with E-state index in [1.165, 1.54) is 22.3 Å². The fraction of sp³-hybridized carbons (Fsp3) is 0.278. The van der Waals surface area contributed by atoms with Crippen molar-refractivity contribution in [1.29, 1.82) is 0 Å². The normalized spacial score (nSPS) is 10.5. The van der Waals surface area contributed by atoms with E-state index in [-0.39, 0.29) is 5.78 Å². The highest BCUT2D eigenvalue weighted by Crippen LogP contribution is 2.17. The maximum atomic E-state index is 12.3. The summed E-state index contributed by atoms with van der Waals surface area (Å²) in [5, 5.41) is 0. The van der Waals surface area contributed by atoms with Crippen molar-refractivity contribution in [3.8, 4) is 0 Å². The molecule has 0 aliphatic carbocycles. The molecule has 0 spiro atoms. The van der Waals surface area contributed by atoms with Gasteiger partial charge in [0, 0.05) is 12.0 Å². The number of carbonyl (C=O) groups excluding carboxylic acids is 1. The lowest BCUT2D eigenvalue weighted by Gasteiger charge is -2.09. The first-order chi connectivity index (χ1) is 8.97. The molecule has 1 heteroatoms. The highest BCUT2D eigenvalue weighted by molar-refractivity contribution is 5.97. The van der Waals surface area contributed by atoms with Gasteiger partial charge < -0.3 is 0 Å². The third-order valence-corrected chi connectivity index (χ3v) is 3.68. The van der Waals surface area contributed by atoms with E-state index in [0.717, 1.165) is 11.1 Å². The first kappa shape index (κ1) is 13.5. The van der Waals surface area contributed by atoms with E-state index in [4.69, 9.17) is 0 Å². The van der Waals surface area contributed by atoms with E-state index in [1.807, 2.05) is 31.2 Å². The van der Waals surface area contributed by atoms with Gasteiger partial charge in [-0.05, 0) is 49.9 Å². The van der Waals surface area contributed by atoms with Crippen LogP contribution >= 0.6 is 0 Å². The number of rotatable bonds is 3. The van der Waals surface area contributed by atoms with Crippen molar-refractivity contribution >= 4 is 5.78 Å². The molecule has 98 valence electrons. The van der Waals surface area contributed by atoms with E-state index in [9.17, 15) is 4.79 Å². The summed E-state index contributed by atoms with van der Waals surface area (Å²) >= 11 is 0. The summed E-state index contributed by atoms with van der Waals surface area (Å²) in [5.74, 6) is 0.186. The minimum atomic E-state index is 0.186. The monoisotopic (exact) mass is 252 g/mol. The number of Topliss-reactive ketones (excluding diaryl/α,β-unsaturated/α-hetero) is 1. The lowest BCUT2D eigenvalue weighted by molar-refractivity contribution is 0.0993. The van der Waals surface area contributed by atoms with Crippen molar-refractivity contribution in [2.45, 2.75) is 34.1 Å². The van der Waals surface area contributed by atoms with Gasteiger partial charge in [0.05, 0.1) is 0 Å². The Balaban J connectivity index is 2.24. The number of aryl methyl sites for hydroxylation is 4. The fourth-order valence-corrected chi connectivity index (χ4v) is 2.23. The highest BCUT2D eigenvalue weighted by Gasteiger charge is 2.09. The minimum absolute atomic E-state index is 0.186. The maximum Gasteiger partial charge on any atom is 0.167 e. The van der Waals surface area contributed by atoms with Gasteiger partial charge in [0.25, 0.3) is 0 Å². The molecule has 2 aromatic rings. The van der Waals surface area contributed by atoms with E-state index >= 15 is 0 Å². The Bertz CT molecular complexity index is 606. The largest absolute Gasteiger partial charge is 0.294 e. The molecule has 0 aliphatic rings. The number of hydrogen-bond acceptors (Lipinski definition) is 1. The standard InChI is InChI=1S/C18H20O/c1-12-5-7-16(8-6-12)18(19)11-17-10-14(3)13(2)9-15(17)4/h5-10H,11H2,1-4H3. The summed E-state index contributed by atoms with van der Waals surface area (Å²) in [5.41, 5.74) is 6.83. The average molecular weight is 252 g/mol. The molecule has 0 amide bonds. The van der Waals surface area contributed by atoms with E-state index in [2.05, 4.69) is 32.9 Å². The molecule has 0 unspecified atom stereocenters. The molecule has 19 heavy (non-hydrogen) atoms. The van der Waals surface area contributed by atoms with Crippen molar-refractivity contribution in [2.24, 2.45) is 0 Å². The van der Waals surface area contributed by atoms with Crippen molar-refractivity contribution < 1.29 is 4.79 Å². The van der Waals surface area contributed by atoms with Crippen LogP contribution in [0.5, 0.6) is 0 Å². The molecule has 0 saturated heterocycles. The Hall–Kier alpha value is -1.89. The first-order valence-electron chi connectivity index (χ1n) is 6.64. The summed E-state index contributed by atoms with van der Waals surface area (Å²) in [6.07, 6.45) is 0.482. The number of carbonyl (C=O) groups is 1. The van der Waals surface area contributed by atoms with Gasteiger partial charge in [-0.2, -0.15) is 0 Å². The van der Waals surface area contributed by atoms with Gasteiger partial charge >= 0.3 is 0 Å². The fourth-order valence-electron chi connectivity index (χ4n) is 2.23. The van der Waals surface area contributed by atoms with Crippen LogP contribution < -0.4 is 0 Å². The van der Waals surface area contributed by atoms with Crippen LogP contribution in [0.4, 0.5) is 0 Å². The number of benzene rings is 2. The van der Waals surface area contributed by atoms with Gasteiger partial charge in [-0.3, -0.25) is 4.79 Å². The first-order valence-corrected chi connectivity index (χ1v) is 6.64. The van der Waals surface area contributed by atoms with Crippen LogP contribution in [0, 0.1) is 27.7 Å². The molecule has 2 aromatic carbocycles. The molecular weight excluding hydrogens is 232 g/mol. The lowest BCUT2D eigenvalue weighted by Crippen LogP contribution is -2.05. The SMILES string of the molecule is Cc1ccc(C(=O)Cc2cc(C)c(C)cc2C)cc1. The van der Waals surface area contributed by atoms with Gasteiger partial charge in [-0.1, -0.05) is 42.0 Å². The Kier molecular flexibility index (Phi) is 3.84. The molecular formula is C18H20O. The second kappa shape index (κ2) is 5.40. The van der Waals surface area contributed by atoms with Gasteiger partial charge in [0.15, 0.2) is 5.78 Å². The predicted molar refractivity (Wildman–Crippen MR) is 79.9 cm³/mol. The number of hydrogen-bond donors (Lipinski definition) is 0. The molecule has 0 saturated carbocycles. The lowest BCUT2D eigenvalue weighted by atomic mass is 9.95. The zero-order valence-electron chi connectivity index (χ0n) is 12.1. The molecule has 0 aliphatic heterocycles. The van der Waals surface area contributed by atoms with Gasteiger partial charge in [-0.15, -0.1) is 0 Å². The van der Waals surface area contributed by atoms with Gasteiger partial charge in [0.1, 0.15) is 0 Å². The average Bonchev–Trinajstić information content (AvgIpc) is 2.36. The van der Waals surface area contributed by atoms with Crippen LogP contribution in [0.2, 0.25) is 0 Å². The van der Waals surface area contributed by atoms with Crippen molar-refractivity contribution in [3.63, 3.8) is 0 Å². The summed E-state index contributed by atoms with van der Waals surface area (Å²) in [7, 11) is 0.